The third kappa shape index (κ3) is 3.28. The lowest BCUT2D eigenvalue weighted by Gasteiger charge is -2.45. The van der Waals surface area contributed by atoms with Gasteiger partial charge in [0.2, 0.25) is 5.91 Å². The Labute approximate surface area is 163 Å². The average Bonchev–Trinajstić information content (AvgIpc) is 2.73. The van der Waals surface area contributed by atoms with Crippen molar-refractivity contribution in [3.8, 4) is 5.75 Å². The number of benzene rings is 2. The number of piperidine rings is 1. The zero-order valence-electron chi connectivity index (χ0n) is 15.8. The summed E-state index contributed by atoms with van der Waals surface area (Å²) >= 11 is 0. The van der Waals surface area contributed by atoms with E-state index in [9.17, 15) is 14.9 Å². The van der Waals surface area contributed by atoms with E-state index in [0.29, 0.717) is 17.9 Å². The summed E-state index contributed by atoms with van der Waals surface area (Å²) in [5.41, 5.74) is 2.60. The Bertz CT molecular complexity index is 914. The predicted molar refractivity (Wildman–Crippen MR) is 107 cm³/mol. The SMILES string of the molecule is COc1ccccc1NC(=O)C1Cc2cc([N+](=O)[O-])ccc2N2CCCCC12. The molecule has 0 radical (unpaired) electrons. The van der Waals surface area contributed by atoms with Crippen molar-refractivity contribution < 1.29 is 14.5 Å². The Hall–Kier alpha value is -3.09. The first-order valence-corrected chi connectivity index (χ1v) is 9.56. The summed E-state index contributed by atoms with van der Waals surface area (Å²) in [7, 11) is 1.57. The summed E-state index contributed by atoms with van der Waals surface area (Å²) in [6.45, 7) is 0.869. The van der Waals surface area contributed by atoms with E-state index < -0.39 is 0 Å². The number of nitrogens with zero attached hydrogens (tertiary/aromatic N) is 2. The van der Waals surface area contributed by atoms with Gasteiger partial charge in [-0.3, -0.25) is 14.9 Å². The lowest BCUT2D eigenvalue weighted by atomic mass is 9.80. The fraction of sp³-hybridized carbons (Fsp3) is 0.381. The second-order valence-electron chi connectivity index (χ2n) is 7.33. The number of nitro benzene ring substituents is 1. The molecule has 28 heavy (non-hydrogen) atoms. The van der Waals surface area contributed by atoms with Crippen molar-refractivity contribution >= 4 is 23.0 Å². The van der Waals surface area contributed by atoms with Gasteiger partial charge in [0.1, 0.15) is 5.75 Å². The van der Waals surface area contributed by atoms with E-state index in [0.717, 1.165) is 37.1 Å². The molecule has 1 N–H and O–H groups in total. The highest BCUT2D eigenvalue weighted by molar-refractivity contribution is 5.95. The molecule has 0 saturated carbocycles. The number of methoxy groups -OCH3 is 1. The molecule has 146 valence electrons. The number of para-hydroxylation sites is 2. The van der Waals surface area contributed by atoms with E-state index in [-0.39, 0.29) is 28.5 Å². The van der Waals surface area contributed by atoms with Crippen molar-refractivity contribution in [2.24, 2.45) is 5.92 Å². The first kappa shape index (κ1) is 18.3. The van der Waals surface area contributed by atoms with Crippen molar-refractivity contribution in [3.63, 3.8) is 0 Å². The molecule has 2 atom stereocenters. The van der Waals surface area contributed by atoms with E-state index in [4.69, 9.17) is 4.74 Å². The van der Waals surface area contributed by atoms with Crippen molar-refractivity contribution in [3.05, 3.63) is 58.1 Å². The zero-order valence-corrected chi connectivity index (χ0v) is 15.8. The van der Waals surface area contributed by atoms with Crippen LogP contribution in [0.5, 0.6) is 5.75 Å². The first-order valence-electron chi connectivity index (χ1n) is 9.56. The Balaban J connectivity index is 1.65. The molecule has 0 spiro atoms. The van der Waals surface area contributed by atoms with Gasteiger partial charge in [0.25, 0.3) is 5.69 Å². The number of carbonyl (C=O) groups excluding carboxylic acids is 1. The van der Waals surface area contributed by atoms with E-state index in [2.05, 4.69) is 10.2 Å². The van der Waals surface area contributed by atoms with Crippen molar-refractivity contribution in [1.82, 2.24) is 0 Å². The smallest absolute Gasteiger partial charge is 0.269 e. The molecule has 2 aliphatic heterocycles. The molecule has 0 aliphatic carbocycles. The molecule has 2 aromatic rings. The van der Waals surface area contributed by atoms with Gasteiger partial charge >= 0.3 is 0 Å². The van der Waals surface area contributed by atoms with Gasteiger partial charge in [-0.2, -0.15) is 0 Å². The molecule has 1 saturated heterocycles. The molecule has 2 aliphatic rings. The second kappa shape index (κ2) is 7.50. The number of nitrogens with one attached hydrogen (secondary N) is 1. The Kier molecular flexibility index (Phi) is 4.90. The molecule has 2 unspecified atom stereocenters. The average molecular weight is 381 g/mol. The summed E-state index contributed by atoms with van der Waals surface area (Å²) in [6.07, 6.45) is 3.59. The number of rotatable bonds is 4. The van der Waals surface area contributed by atoms with Crippen LogP contribution in [0.4, 0.5) is 17.1 Å². The van der Waals surface area contributed by atoms with Crippen molar-refractivity contribution in [2.75, 3.05) is 23.9 Å². The molecule has 0 aromatic heterocycles. The van der Waals surface area contributed by atoms with Crippen LogP contribution in [0.25, 0.3) is 0 Å². The summed E-state index contributed by atoms with van der Waals surface area (Å²) < 4.78 is 5.34. The number of nitro groups is 1. The zero-order chi connectivity index (χ0) is 19.7. The lowest BCUT2D eigenvalue weighted by molar-refractivity contribution is -0.384. The maximum atomic E-state index is 13.2. The van der Waals surface area contributed by atoms with Gasteiger partial charge in [0.05, 0.1) is 23.6 Å². The van der Waals surface area contributed by atoms with Crippen LogP contribution < -0.4 is 15.0 Å². The quantitative estimate of drug-likeness (QED) is 0.644. The van der Waals surface area contributed by atoms with E-state index in [1.165, 1.54) is 0 Å². The molecule has 1 fully saturated rings. The minimum atomic E-state index is -0.382. The van der Waals surface area contributed by atoms with Crippen LogP contribution in [0.3, 0.4) is 0 Å². The summed E-state index contributed by atoms with van der Waals surface area (Å²) in [6, 6.07) is 12.4. The van der Waals surface area contributed by atoms with Gasteiger partial charge in [-0.05, 0) is 49.4 Å². The van der Waals surface area contributed by atoms with Gasteiger partial charge in [-0.15, -0.1) is 0 Å². The molecular formula is C21H23N3O4. The summed E-state index contributed by atoms with van der Waals surface area (Å²) in [5.74, 6) is 0.279. The standard InChI is InChI=1S/C21H23N3O4/c1-28-20-8-3-2-6-17(20)22-21(25)16-13-14-12-15(24(26)27)9-10-18(14)23-11-5-4-7-19(16)23/h2-3,6,8-10,12,16,19H,4-5,7,11,13H2,1H3,(H,22,25). The van der Waals surface area contributed by atoms with Gasteiger partial charge in [-0.25, -0.2) is 0 Å². The maximum Gasteiger partial charge on any atom is 0.269 e. The monoisotopic (exact) mass is 381 g/mol. The summed E-state index contributed by atoms with van der Waals surface area (Å²) in [5, 5.41) is 14.2. The number of anilines is 2. The van der Waals surface area contributed by atoms with Crippen LogP contribution >= 0.6 is 0 Å². The molecule has 2 heterocycles. The van der Waals surface area contributed by atoms with Gasteiger partial charge in [-0.1, -0.05) is 12.1 Å². The fourth-order valence-corrected chi connectivity index (χ4v) is 4.42. The van der Waals surface area contributed by atoms with Crippen molar-refractivity contribution in [1.29, 1.82) is 0 Å². The summed E-state index contributed by atoms with van der Waals surface area (Å²) in [4.78, 5) is 26.3. The second-order valence-corrected chi connectivity index (χ2v) is 7.33. The molecule has 2 aromatic carbocycles. The third-order valence-corrected chi connectivity index (χ3v) is 5.74. The number of amides is 1. The van der Waals surface area contributed by atoms with E-state index in [1.807, 2.05) is 30.3 Å². The normalized spacial score (nSPS) is 20.7. The lowest BCUT2D eigenvalue weighted by Crippen LogP contribution is -2.52. The molecule has 7 heteroatoms. The molecular weight excluding hydrogens is 358 g/mol. The van der Waals surface area contributed by atoms with Gasteiger partial charge < -0.3 is 15.0 Å². The minimum absolute atomic E-state index is 0.0677. The van der Waals surface area contributed by atoms with E-state index >= 15 is 0 Å². The number of fused-ring (bicyclic) bond motifs is 3. The minimum Gasteiger partial charge on any atom is -0.495 e. The number of hydrogen-bond donors (Lipinski definition) is 1. The highest BCUT2D eigenvalue weighted by Crippen LogP contribution is 2.40. The largest absolute Gasteiger partial charge is 0.495 e. The highest BCUT2D eigenvalue weighted by atomic mass is 16.6. The molecule has 4 rings (SSSR count). The Morgan fingerprint density at radius 1 is 1.25 bits per heavy atom. The van der Waals surface area contributed by atoms with Crippen molar-refractivity contribution in [2.45, 2.75) is 31.7 Å². The van der Waals surface area contributed by atoms with Gasteiger partial charge in [0.15, 0.2) is 0 Å². The molecule has 1 amide bonds. The number of non-ortho nitro benzene ring substituents is 1. The van der Waals surface area contributed by atoms with Crippen LogP contribution in [0.1, 0.15) is 24.8 Å². The fourth-order valence-electron chi connectivity index (χ4n) is 4.42. The first-order chi connectivity index (χ1) is 13.6. The Morgan fingerprint density at radius 2 is 2.07 bits per heavy atom. The van der Waals surface area contributed by atoms with Crippen LogP contribution in [-0.2, 0) is 11.2 Å². The van der Waals surface area contributed by atoms with E-state index in [1.54, 1.807) is 19.2 Å². The topological polar surface area (TPSA) is 84.7 Å². The Morgan fingerprint density at radius 3 is 2.86 bits per heavy atom. The predicted octanol–water partition coefficient (Wildman–Crippen LogP) is 3.77. The number of ether oxygens (including phenoxy) is 1. The van der Waals surface area contributed by atoms with Crippen LogP contribution in [-0.4, -0.2) is 30.5 Å². The molecule has 0 bridgehead atoms. The van der Waals surface area contributed by atoms with Crippen LogP contribution in [0.2, 0.25) is 0 Å². The maximum absolute atomic E-state index is 13.2. The number of hydrogen-bond acceptors (Lipinski definition) is 5. The molecule has 7 nitrogen and oxygen atoms in total. The number of carbonyl (C=O) groups is 1. The highest BCUT2D eigenvalue weighted by Gasteiger charge is 2.40. The van der Waals surface area contributed by atoms with Crippen LogP contribution in [0, 0.1) is 16.0 Å². The van der Waals surface area contributed by atoms with Gasteiger partial charge in [0, 0.05) is 30.4 Å². The van der Waals surface area contributed by atoms with Crippen LogP contribution in [0.15, 0.2) is 42.5 Å². The third-order valence-electron chi connectivity index (χ3n) is 5.74.